The van der Waals surface area contributed by atoms with E-state index in [4.69, 9.17) is 9.47 Å². The highest BCUT2D eigenvalue weighted by atomic mass is 16.5. The van der Waals surface area contributed by atoms with Gasteiger partial charge in [0, 0.05) is 13.0 Å². The standard InChI is InChI=1S/C34H32N2O6/c1-22(41-20-23-12-4-3-5-13-23)31(32(37)36(2)30-19-11-10-18-28(30)33(38)39)35-34(40)42-21-29-26-16-8-6-14-24(26)25-15-7-9-17-27(25)29/h3-19,22,29,31H,20-21H2,1-2H3,(H,35,40)(H,38,39)/t22-,31+/m0/s1. The first-order valence-corrected chi connectivity index (χ1v) is 13.7. The average Bonchev–Trinajstić information content (AvgIpc) is 3.34. The van der Waals surface area contributed by atoms with Gasteiger partial charge in [-0.2, -0.15) is 0 Å². The van der Waals surface area contributed by atoms with Crippen LogP contribution in [0.2, 0.25) is 0 Å². The van der Waals surface area contributed by atoms with Crippen molar-refractivity contribution in [1.82, 2.24) is 5.32 Å². The zero-order valence-corrected chi connectivity index (χ0v) is 23.4. The summed E-state index contributed by atoms with van der Waals surface area (Å²) in [6.45, 7) is 1.98. The number of ether oxygens (including phenoxy) is 2. The van der Waals surface area contributed by atoms with Gasteiger partial charge >= 0.3 is 12.1 Å². The summed E-state index contributed by atoms with van der Waals surface area (Å²) in [6.07, 6.45) is -1.54. The topological polar surface area (TPSA) is 105 Å². The number of carboxylic acid groups (broad SMARTS) is 1. The van der Waals surface area contributed by atoms with Crippen LogP contribution in [0, 0.1) is 0 Å². The summed E-state index contributed by atoms with van der Waals surface area (Å²) in [4.78, 5) is 40.0. The number of nitrogens with zero attached hydrogens (tertiary/aromatic N) is 1. The highest BCUT2D eigenvalue weighted by Gasteiger charge is 2.34. The van der Waals surface area contributed by atoms with Gasteiger partial charge in [-0.1, -0.05) is 91.0 Å². The Morgan fingerprint density at radius 2 is 1.40 bits per heavy atom. The van der Waals surface area contributed by atoms with Crippen LogP contribution in [0.15, 0.2) is 103 Å². The Bertz CT molecular complexity index is 1540. The summed E-state index contributed by atoms with van der Waals surface area (Å²) in [5.41, 5.74) is 5.43. The van der Waals surface area contributed by atoms with E-state index < -0.39 is 30.1 Å². The second-order valence-electron chi connectivity index (χ2n) is 10.2. The van der Waals surface area contributed by atoms with Gasteiger partial charge in [-0.3, -0.25) is 4.79 Å². The minimum absolute atomic E-state index is 0.0360. The zero-order valence-electron chi connectivity index (χ0n) is 23.4. The van der Waals surface area contributed by atoms with Crippen LogP contribution < -0.4 is 10.2 Å². The first kappa shape index (κ1) is 28.6. The van der Waals surface area contributed by atoms with Crippen LogP contribution in [-0.2, 0) is 20.9 Å². The zero-order chi connectivity index (χ0) is 29.6. The largest absolute Gasteiger partial charge is 0.478 e. The highest BCUT2D eigenvalue weighted by Crippen LogP contribution is 2.44. The molecule has 0 radical (unpaired) electrons. The van der Waals surface area contributed by atoms with Crippen molar-refractivity contribution in [2.45, 2.75) is 31.6 Å². The monoisotopic (exact) mass is 564 g/mol. The second kappa shape index (κ2) is 12.7. The van der Waals surface area contributed by atoms with E-state index in [1.807, 2.05) is 66.7 Å². The van der Waals surface area contributed by atoms with Crippen molar-refractivity contribution < 1.29 is 29.0 Å². The molecular weight excluding hydrogens is 532 g/mol. The van der Waals surface area contributed by atoms with Gasteiger partial charge < -0.3 is 24.8 Å². The third-order valence-corrected chi connectivity index (χ3v) is 7.53. The first-order valence-electron chi connectivity index (χ1n) is 13.7. The number of carbonyl (C=O) groups is 3. The Labute approximate surface area is 244 Å². The van der Waals surface area contributed by atoms with E-state index in [0.29, 0.717) is 0 Å². The molecule has 0 spiro atoms. The molecule has 2 N–H and O–H groups in total. The fourth-order valence-electron chi connectivity index (χ4n) is 5.32. The van der Waals surface area contributed by atoms with Crippen molar-refractivity contribution in [1.29, 1.82) is 0 Å². The minimum Gasteiger partial charge on any atom is -0.478 e. The number of carbonyl (C=O) groups excluding carboxylic acids is 2. The van der Waals surface area contributed by atoms with E-state index in [9.17, 15) is 19.5 Å². The maximum atomic E-state index is 13.8. The van der Waals surface area contributed by atoms with E-state index in [1.54, 1.807) is 25.1 Å². The molecule has 0 bridgehead atoms. The Balaban J connectivity index is 1.34. The summed E-state index contributed by atoms with van der Waals surface area (Å²) in [7, 11) is 1.47. The number of nitrogens with one attached hydrogen (secondary N) is 1. The molecule has 42 heavy (non-hydrogen) atoms. The van der Waals surface area contributed by atoms with Gasteiger partial charge in [0.15, 0.2) is 0 Å². The van der Waals surface area contributed by atoms with Crippen LogP contribution in [-0.4, -0.2) is 48.9 Å². The molecular formula is C34H32N2O6. The summed E-state index contributed by atoms with van der Waals surface area (Å²) in [5, 5.41) is 12.4. The number of rotatable bonds is 10. The molecule has 214 valence electrons. The fraction of sp³-hybridized carbons (Fsp3) is 0.206. The quantitative estimate of drug-likeness (QED) is 0.250. The molecule has 8 nitrogen and oxygen atoms in total. The predicted octanol–water partition coefficient (Wildman–Crippen LogP) is 5.86. The molecule has 0 unspecified atom stereocenters. The van der Waals surface area contributed by atoms with E-state index in [2.05, 4.69) is 17.4 Å². The number of amides is 2. The molecule has 0 aromatic heterocycles. The fourth-order valence-corrected chi connectivity index (χ4v) is 5.32. The average molecular weight is 565 g/mol. The Hall–Kier alpha value is -4.95. The van der Waals surface area contributed by atoms with Gasteiger partial charge in [-0.15, -0.1) is 0 Å². The number of alkyl carbamates (subject to hydrolysis) is 1. The molecule has 0 saturated heterocycles. The SMILES string of the molecule is C[C@H](OCc1ccccc1)[C@@H](NC(=O)OCC1c2ccccc2-c2ccccc21)C(=O)N(C)c1ccccc1C(=O)O. The lowest BCUT2D eigenvalue weighted by molar-refractivity contribution is -0.124. The summed E-state index contributed by atoms with van der Waals surface area (Å²) >= 11 is 0. The maximum absolute atomic E-state index is 13.8. The van der Waals surface area contributed by atoms with Crippen LogP contribution in [0.25, 0.3) is 11.1 Å². The Kier molecular flexibility index (Phi) is 8.64. The van der Waals surface area contributed by atoms with Crippen LogP contribution in [0.1, 0.15) is 39.9 Å². The molecule has 0 heterocycles. The number of anilines is 1. The van der Waals surface area contributed by atoms with Crippen molar-refractivity contribution in [2.24, 2.45) is 0 Å². The van der Waals surface area contributed by atoms with E-state index in [1.165, 1.54) is 18.0 Å². The Morgan fingerprint density at radius 3 is 2.05 bits per heavy atom. The number of likely N-dealkylation sites (N-methyl/N-ethyl adjacent to an activating group) is 1. The lowest BCUT2D eigenvalue weighted by Crippen LogP contribution is -2.54. The summed E-state index contributed by atoms with van der Waals surface area (Å²) in [5.74, 6) is -1.85. The lowest BCUT2D eigenvalue weighted by atomic mass is 9.98. The van der Waals surface area contributed by atoms with Crippen LogP contribution in [0.4, 0.5) is 10.5 Å². The normalized spacial score (nSPS) is 13.4. The molecule has 8 heteroatoms. The van der Waals surface area contributed by atoms with Crippen LogP contribution in [0.3, 0.4) is 0 Å². The van der Waals surface area contributed by atoms with Crippen molar-refractivity contribution in [3.63, 3.8) is 0 Å². The molecule has 2 atom stereocenters. The third kappa shape index (κ3) is 6.04. The highest BCUT2D eigenvalue weighted by molar-refractivity contribution is 6.04. The molecule has 0 saturated carbocycles. The summed E-state index contributed by atoms with van der Waals surface area (Å²) < 4.78 is 11.7. The van der Waals surface area contributed by atoms with Crippen molar-refractivity contribution in [3.05, 3.63) is 125 Å². The lowest BCUT2D eigenvalue weighted by Gasteiger charge is -2.29. The van der Waals surface area contributed by atoms with E-state index in [0.717, 1.165) is 27.8 Å². The number of carboxylic acids is 1. The van der Waals surface area contributed by atoms with Crippen molar-refractivity contribution in [2.75, 3.05) is 18.6 Å². The molecule has 5 rings (SSSR count). The molecule has 1 aliphatic rings. The molecule has 0 fully saturated rings. The number of para-hydroxylation sites is 1. The second-order valence-corrected chi connectivity index (χ2v) is 10.2. The van der Waals surface area contributed by atoms with Gasteiger partial charge in [-0.05, 0) is 46.9 Å². The maximum Gasteiger partial charge on any atom is 0.407 e. The smallest absolute Gasteiger partial charge is 0.407 e. The molecule has 4 aromatic carbocycles. The van der Waals surface area contributed by atoms with Crippen molar-refractivity contribution >= 4 is 23.7 Å². The van der Waals surface area contributed by atoms with Crippen LogP contribution >= 0.6 is 0 Å². The third-order valence-electron chi connectivity index (χ3n) is 7.53. The number of fused-ring (bicyclic) bond motifs is 3. The van der Waals surface area contributed by atoms with Gasteiger partial charge in [0.05, 0.1) is 24.0 Å². The van der Waals surface area contributed by atoms with E-state index >= 15 is 0 Å². The number of aromatic carboxylic acids is 1. The predicted molar refractivity (Wildman–Crippen MR) is 159 cm³/mol. The summed E-state index contributed by atoms with van der Waals surface area (Å²) in [6, 6.07) is 30.6. The molecule has 4 aromatic rings. The number of benzene rings is 4. The Morgan fingerprint density at radius 1 is 0.833 bits per heavy atom. The number of hydrogen-bond acceptors (Lipinski definition) is 5. The van der Waals surface area contributed by atoms with Gasteiger partial charge in [-0.25, -0.2) is 9.59 Å². The van der Waals surface area contributed by atoms with Gasteiger partial charge in [0.2, 0.25) is 0 Å². The van der Waals surface area contributed by atoms with Crippen LogP contribution in [0.5, 0.6) is 0 Å². The first-order chi connectivity index (χ1) is 20.3. The molecule has 2 amide bonds. The van der Waals surface area contributed by atoms with Gasteiger partial charge in [0.25, 0.3) is 5.91 Å². The number of hydrogen-bond donors (Lipinski definition) is 2. The van der Waals surface area contributed by atoms with Gasteiger partial charge in [0.1, 0.15) is 12.6 Å². The molecule has 0 aliphatic heterocycles. The minimum atomic E-state index is -1.17. The van der Waals surface area contributed by atoms with E-state index in [-0.39, 0.29) is 30.4 Å². The van der Waals surface area contributed by atoms with Crippen molar-refractivity contribution in [3.8, 4) is 11.1 Å². The molecule has 1 aliphatic carbocycles.